The van der Waals surface area contributed by atoms with Crippen LogP contribution < -0.4 is 5.32 Å². The molecule has 1 aliphatic rings. The van der Waals surface area contributed by atoms with Gasteiger partial charge in [-0.15, -0.1) is 0 Å². The summed E-state index contributed by atoms with van der Waals surface area (Å²) >= 11 is 3.42. The van der Waals surface area contributed by atoms with Crippen molar-refractivity contribution in [3.05, 3.63) is 34.3 Å². The van der Waals surface area contributed by atoms with Crippen LogP contribution in [-0.2, 0) is 16.1 Å². The van der Waals surface area contributed by atoms with Gasteiger partial charge in [0.05, 0.1) is 6.10 Å². The SMILES string of the molecule is O=C(CCC1CCCCO1)NCc1cccc(Br)c1. The first-order valence-corrected chi connectivity index (χ1v) is 7.66. The fourth-order valence-corrected chi connectivity index (χ4v) is 2.71. The number of rotatable bonds is 5. The van der Waals surface area contributed by atoms with Gasteiger partial charge in [0.25, 0.3) is 0 Å². The monoisotopic (exact) mass is 325 g/mol. The Morgan fingerprint density at radius 3 is 3.05 bits per heavy atom. The molecule has 1 heterocycles. The van der Waals surface area contributed by atoms with Crippen LogP contribution in [0.25, 0.3) is 0 Å². The summed E-state index contributed by atoms with van der Waals surface area (Å²) in [5, 5.41) is 2.95. The number of ether oxygens (including phenoxy) is 1. The molecule has 0 saturated carbocycles. The van der Waals surface area contributed by atoms with Gasteiger partial charge in [0, 0.05) is 24.0 Å². The van der Waals surface area contributed by atoms with Crippen LogP contribution >= 0.6 is 15.9 Å². The molecule has 4 heteroatoms. The van der Waals surface area contributed by atoms with E-state index >= 15 is 0 Å². The van der Waals surface area contributed by atoms with E-state index in [0.29, 0.717) is 13.0 Å². The number of halogens is 1. The molecule has 1 N–H and O–H groups in total. The summed E-state index contributed by atoms with van der Waals surface area (Å²) in [5.41, 5.74) is 1.11. The summed E-state index contributed by atoms with van der Waals surface area (Å²) in [6.45, 7) is 1.44. The first-order chi connectivity index (χ1) is 9.24. The van der Waals surface area contributed by atoms with E-state index in [1.54, 1.807) is 0 Å². The zero-order valence-electron chi connectivity index (χ0n) is 11.0. The van der Waals surface area contributed by atoms with Crippen molar-refractivity contribution in [2.75, 3.05) is 6.61 Å². The average Bonchev–Trinajstić information content (AvgIpc) is 2.44. The summed E-state index contributed by atoms with van der Waals surface area (Å²) in [6, 6.07) is 7.98. The Labute approximate surface area is 122 Å². The molecule has 19 heavy (non-hydrogen) atoms. The number of hydrogen-bond donors (Lipinski definition) is 1. The largest absolute Gasteiger partial charge is 0.378 e. The topological polar surface area (TPSA) is 38.3 Å². The summed E-state index contributed by atoms with van der Waals surface area (Å²) in [6.07, 6.45) is 5.16. The van der Waals surface area contributed by atoms with E-state index in [0.717, 1.165) is 35.9 Å². The van der Waals surface area contributed by atoms with Crippen LogP contribution in [0.1, 0.15) is 37.7 Å². The van der Waals surface area contributed by atoms with Gasteiger partial charge in [-0.2, -0.15) is 0 Å². The smallest absolute Gasteiger partial charge is 0.220 e. The Hall–Kier alpha value is -0.870. The summed E-state index contributed by atoms with van der Waals surface area (Å²) in [4.78, 5) is 11.8. The van der Waals surface area contributed by atoms with E-state index in [4.69, 9.17) is 4.74 Å². The first kappa shape index (κ1) is 14.5. The van der Waals surface area contributed by atoms with E-state index in [9.17, 15) is 4.79 Å². The predicted molar refractivity (Wildman–Crippen MR) is 78.8 cm³/mol. The number of nitrogens with one attached hydrogen (secondary N) is 1. The fraction of sp³-hybridized carbons (Fsp3) is 0.533. The molecule has 3 nitrogen and oxygen atoms in total. The highest BCUT2D eigenvalue weighted by Gasteiger charge is 2.15. The Morgan fingerprint density at radius 2 is 2.32 bits per heavy atom. The minimum absolute atomic E-state index is 0.106. The average molecular weight is 326 g/mol. The molecule has 1 amide bonds. The number of amides is 1. The second-order valence-corrected chi connectivity index (χ2v) is 5.85. The van der Waals surface area contributed by atoms with Crippen LogP contribution in [0.3, 0.4) is 0 Å². The molecule has 1 aromatic rings. The van der Waals surface area contributed by atoms with Crippen molar-refractivity contribution in [3.8, 4) is 0 Å². The van der Waals surface area contributed by atoms with Crippen LogP contribution in [-0.4, -0.2) is 18.6 Å². The molecule has 1 unspecified atom stereocenters. The van der Waals surface area contributed by atoms with Crippen molar-refractivity contribution >= 4 is 21.8 Å². The van der Waals surface area contributed by atoms with Crippen molar-refractivity contribution in [2.24, 2.45) is 0 Å². The maximum atomic E-state index is 11.8. The maximum absolute atomic E-state index is 11.8. The molecular formula is C15H20BrNO2. The van der Waals surface area contributed by atoms with Gasteiger partial charge in [-0.3, -0.25) is 4.79 Å². The molecule has 104 valence electrons. The Kier molecular flexibility index (Phi) is 5.86. The molecule has 0 spiro atoms. The van der Waals surface area contributed by atoms with Crippen molar-refractivity contribution in [2.45, 2.75) is 44.8 Å². The molecular weight excluding hydrogens is 306 g/mol. The molecule has 0 bridgehead atoms. The molecule has 1 saturated heterocycles. The molecule has 1 fully saturated rings. The van der Waals surface area contributed by atoms with Gasteiger partial charge in [0.15, 0.2) is 0 Å². The van der Waals surface area contributed by atoms with Gasteiger partial charge in [0.2, 0.25) is 5.91 Å². The number of benzene rings is 1. The number of hydrogen-bond acceptors (Lipinski definition) is 2. The first-order valence-electron chi connectivity index (χ1n) is 6.87. The Morgan fingerprint density at radius 1 is 1.42 bits per heavy atom. The zero-order chi connectivity index (χ0) is 13.5. The molecule has 1 aliphatic heterocycles. The Bertz CT molecular complexity index is 416. The maximum Gasteiger partial charge on any atom is 0.220 e. The van der Waals surface area contributed by atoms with Crippen LogP contribution in [0.5, 0.6) is 0 Å². The van der Waals surface area contributed by atoms with E-state index in [1.807, 2.05) is 24.3 Å². The van der Waals surface area contributed by atoms with E-state index < -0.39 is 0 Å². The minimum Gasteiger partial charge on any atom is -0.378 e. The second kappa shape index (κ2) is 7.65. The van der Waals surface area contributed by atoms with Crippen LogP contribution in [0.15, 0.2) is 28.7 Å². The van der Waals surface area contributed by atoms with E-state index in [2.05, 4.69) is 21.2 Å². The highest BCUT2D eigenvalue weighted by atomic mass is 79.9. The highest BCUT2D eigenvalue weighted by Crippen LogP contribution is 2.17. The lowest BCUT2D eigenvalue weighted by atomic mass is 10.0. The van der Waals surface area contributed by atoms with Gasteiger partial charge < -0.3 is 10.1 Å². The molecule has 0 radical (unpaired) electrons. The van der Waals surface area contributed by atoms with E-state index in [-0.39, 0.29) is 12.0 Å². The summed E-state index contributed by atoms with van der Waals surface area (Å²) in [7, 11) is 0. The second-order valence-electron chi connectivity index (χ2n) is 4.93. The third-order valence-corrected chi connectivity index (χ3v) is 3.84. The van der Waals surface area contributed by atoms with Gasteiger partial charge in [-0.1, -0.05) is 28.1 Å². The molecule has 0 aliphatic carbocycles. The zero-order valence-corrected chi connectivity index (χ0v) is 12.6. The molecule has 1 aromatic carbocycles. The van der Waals surface area contributed by atoms with Gasteiger partial charge in [-0.05, 0) is 43.4 Å². The lowest BCUT2D eigenvalue weighted by Crippen LogP contribution is -2.26. The molecule has 1 atom stereocenters. The van der Waals surface area contributed by atoms with Crippen molar-refractivity contribution in [1.29, 1.82) is 0 Å². The fourth-order valence-electron chi connectivity index (χ4n) is 2.26. The standard InChI is InChI=1S/C15H20BrNO2/c16-13-5-3-4-12(10-13)11-17-15(18)8-7-14-6-1-2-9-19-14/h3-5,10,14H,1-2,6-9,11H2,(H,17,18). The van der Waals surface area contributed by atoms with Gasteiger partial charge >= 0.3 is 0 Å². The molecule has 0 aromatic heterocycles. The van der Waals surface area contributed by atoms with Gasteiger partial charge in [0.1, 0.15) is 0 Å². The summed E-state index contributed by atoms with van der Waals surface area (Å²) < 4.78 is 6.66. The number of carbonyl (C=O) groups excluding carboxylic acids is 1. The quantitative estimate of drug-likeness (QED) is 0.900. The lowest BCUT2D eigenvalue weighted by molar-refractivity contribution is -0.122. The minimum atomic E-state index is 0.106. The Balaban J connectivity index is 1.66. The van der Waals surface area contributed by atoms with Crippen LogP contribution in [0, 0.1) is 0 Å². The lowest BCUT2D eigenvalue weighted by Gasteiger charge is -2.22. The van der Waals surface area contributed by atoms with Crippen LogP contribution in [0.2, 0.25) is 0 Å². The highest BCUT2D eigenvalue weighted by molar-refractivity contribution is 9.10. The normalized spacial score (nSPS) is 19.1. The van der Waals surface area contributed by atoms with Crippen molar-refractivity contribution in [3.63, 3.8) is 0 Å². The third kappa shape index (κ3) is 5.33. The summed E-state index contributed by atoms with van der Waals surface area (Å²) in [5.74, 6) is 0.106. The van der Waals surface area contributed by atoms with Crippen molar-refractivity contribution in [1.82, 2.24) is 5.32 Å². The van der Waals surface area contributed by atoms with Crippen LogP contribution in [0.4, 0.5) is 0 Å². The van der Waals surface area contributed by atoms with E-state index in [1.165, 1.54) is 6.42 Å². The van der Waals surface area contributed by atoms with Gasteiger partial charge in [-0.25, -0.2) is 0 Å². The molecule has 2 rings (SSSR count). The number of carbonyl (C=O) groups is 1. The third-order valence-electron chi connectivity index (χ3n) is 3.35. The predicted octanol–water partition coefficient (Wildman–Crippen LogP) is 3.41. The van der Waals surface area contributed by atoms with Crippen molar-refractivity contribution < 1.29 is 9.53 Å².